The van der Waals surface area contributed by atoms with Crippen molar-refractivity contribution in [3.63, 3.8) is 0 Å². The Labute approximate surface area is 237 Å². The van der Waals surface area contributed by atoms with Gasteiger partial charge in [-0.3, -0.25) is 4.79 Å². The molecule has 2 unspecified atom stereocenters. The maximum absolute atomic E-state index is 12.6. The number of benzene rings is 1. The van der Waals surface area contributed by atoms with Crippen LogP contribution in [-0.4, -0.2) is 62.5 Å². The molecule has 2 heterocycles. The molecule has 0 aromatic heterocycles. The third kappa shape index (κ3) is 6.80. The molecule has 3 N–H and O–H groups in total. The van der Waals surface area contributed by atoms with E-state index in [1.807, 2.05) is 19.2 Å². The summed E-state index contributed by atoms with van der Waals surface area (Å²) in [7, 11) is 3.42. The minimum atomic E-state index is -1.58. The van der Waals surface area contributed by atoms with Gasteiger partial charge in [-0.1, -0.05) is 21.1 Å². The molecule has 1 spiro atoms. The van der Waals surface area contributed by atoms with E-state index in [9.17, 15) is 9.90 Å². The highest BCUT2D eigenvalue weighted by Gasteiger charge is 2.54. The molecule has 3 rings (SSSR count). The number of methoxy groups -OCH3 is 1. The van der Waals surface area contributed by atoms with Gasteiger partial charge in [0, 0.05) is 11.0 Å². The lowest BCUT2D eigenvalue weighted by atomic mass is 10.0. The maximum Gasteiger partial charge on any atom is 0.311 e. The molecule has 0 saturated heterocycles. The second-order valence-electron chi connectivity index (χ2n) is 7.68. The van der Waals surface area contributed by atoms with Crippen LogP contribution in [0.1, 0.15) is 18.4 Å². The molecule has 2 aliphatic rings. The molecular formula is C22H25Br4N3O6. The Morgan fingerprint density at radius 1 is 1.26 bits per heavy atom. The van der Waals surface area contributed by atoms with Crippen LogP contribution in [0.5, 0.6) is 5.75 Å². The van der Waals surface area contributed by atoms with E-state index in [-0.39, 0.29) is 12.1 Å². The summed E-state index contributed by atoms with van der Waals surface area (Å²) in [5.74, 6) is -0.935. The number of nitrogens with one attached hydrogen (secondary N) is 2. The fraction of sp³-hybridized carbons (Fsp3) is 0.455. The number of amides is 1. The van der Waals surface area contributed by atoms with Crippen LogP contribution in [0.15, 0.2) is 47.2 Å². The topological polar surface area (TPSA) is 111 Å². The smallest absolute Gasteiger partial charge is 0.311 e. The minimum Gasteiger partial charge on any atom is -0.495 e. The maximum atomic E-state index is 12.6. The van der Waals surface area contributed by atoms with Crippen molar-refractivity contribution in [2.24, 2.45) is 5.16 Å². The molecule has 1 aromatic carbocycles. The lowest BCUT2D eigenvalue weighted by Crippen LogP contribution is -2.49. The summed E-state index contributed by atoms with van der Waals surface area (Å²) in [6.07, 6.45) is 1.45. The molecule has 0 saturated carbocycles. The normalized spacial score (nSPS) is 21.6. The van der Waals surface area contributed by atoms with Gasteiger partial charge in [0.15, 0.2) is 11.8 Å². The molecule has 2 atom stereocenters. The predicted molar refractivity (Wildman–Crippen MR) is 146 cm³/mol. The van der Waals surface area contributed by atoms with Gasteiger partial charge in [-0.15, -0.1) is 0 Å². The SMILES string of the molecule is CNCCc1cc(Br)c(OCCCNC(=O)C2=NOC3(CC(Br)=C(OC)C(Br)=CO3)C2O)c(Br)c1. The monoisotopic (exact) mass is 743 g/mol. The highest BCUT2D eigenvalue weighted by Crippen LogP contribution is 2.41. The second-order valence-corrected chi connectivity index (χ2v) is 11.2. The van der Waals surface area contributed by atoms with Crippen LogP contribution in [0.3, 0.4) is 0 Å². The van der Waals surface area contributed by atoms with Crippen LogP contribution in [0.2, 0.25) is 0 Å². The summed E-state index contributed by atoms with van der Waals surface area (Å²) >= 11 is 13.9. The van der Waals surface area contributed by atoms with Crippen molar-refractivity contribution < 1.29 is 28.9 Å². The molecule has 0 radical (unpaired) electrons. The van der Waals surface area contributed by atoms with Crippen molar-refractivity contribution in [1.82, 2.24) is 10.6 Å². The first-order valence-electron chi connectivity index (χ1n) is 10.7. The van der Waals surface area contributed by atoms with E-state index in [0.29, 0.717) is 40.0 Å². The van der Waals surface area contributed by atoms with Crippen LogP contribution in [0.4, 0.5) is 0 Å². The van der Waals surface area contributed by atoms with Crippen LogP contribution >= 0.6 is 63.7 Å². The number of halogens is 4. The number of carbonyl (C=O) groups excluding carboxylic acids is 1. The number of aliphatic hydroxyl groups excluding tert-OH is 1. The number of hydrogen-bond donors (Lipinski definition) is 3. The lowest BCUT2D eigenvalue weighted by molar-refractivity contribution is -0.225. The molecule has 13 heteroatoms. The zero-order valence-corrected chi connectivity index (χ0v) is 25.3. The number of oxime groups is 1. The van der Waals surface area contributed by atoms with Crippen LogP contribution in [-0.2, 0) is 25.5 Å². The van der Waals surface area contributed by atoms with E-state index in [1.165, 1.54) is 18.9 Å². The number of nitrogens with zero attached hydrogens (tertiary/aromatic N) is 1. The molecule has 1 aromatic rings. The van der Waals surface area contributed by atoms with Crippen molar-refractivity contribution in [2.45, 2.75) is 31.2 Å². The first-order chi connectivity index (χ1) is 16.7. The quantitative estimate of drug-likeness (QED) is 0.308. The first kappa shape index (κ1) is 28.5. The van der Waals surface area contributed by atoms with E-state index in [0.717, 1.165) is 21.9 Å². The molecule has 0 fully saturated rings. The van der Waals surface area contributed by atoms with Crippen molar-refractivity contribution >= 4 is 75.3 Å². The average molecular weight is 747 g/mol. The highest BCUT2D eigenvalue weighted by molar-refractivity contribution is 9.12. The highest BCUT2D eigenvalue weighted by atomic mass is 79.9. The van der Waals surface area contributed by atoms with E-state index < -0.39 is 17.8 Å². The van der Waals surface area contributed by atoms with Gasteiger partial charge >= 0.3 is 5.79 Å². The third-order valence-electron chi connectivity index (χ3n) is 5.21. The Kier molecular flexibility index (Phi) is 10.5. The number of hydrogen-bond acceptors (Lipinski definition) is 8. The Morgan fingerprint density at radius 3 is 2.63 bits per heavy atom. The molecule has 1 amide bonds. The van der Waals surface area contributed by atoms with Crippen molar-refractivity contribution in [3.8, 4) is 5.75 Å². The van der Waals surface area contributed by atoms with Gasteiger partial charge in [-0.2, -0.15) is 0 Å². The van der Waals surface area contributed by atoms with Gasteiger partial charge in [0.25, 0.3) is 5.91 Å². The van der Waals surface area contributed by atoms with E-state index in [2.05, 4.69) is 79.5 Å². The van der Waals surface area contributed by atoms with Gasteiger partial charge in [-0.05, 0) is 91.9 Å². The summed E-state index contributed by atoms with van der Waals surface area (Å²) in [5.41, 5.74) is 1.01. The number of ether oxygens (including phenoxy) is 3. The lowest BCUT2D eigenvalue weighted by Gasteiger charge is -2.27. The van der Waals surface area contributed by atoms with Crippen LogP contribution in [0.25, 0.3) is 0 Å². The number of likely N-dealkylation sites (N-methyl/N-ethyl adjacent to an activating group) is 1. The summed E-state index contributed by atoms with van der Waals surface area (Å²) in [6.45, 7) is 1.58. The fourth-order valence-corrected chi connectivity index (χ4v) is 6.44. The molecule has 0 aliphatic carbocycles. The summed E-state index contributed by atoms with van der Waals surface area (Å²) < 4.78 is 19.7. The average Bonchev–Trinajstić information content (AvgIpc) is 3.06. The molecule has 2 aliphatic heterocycles. The van der Waals surface area contributed by atoms with Crippen molar-refractivity contribution in [1.29, 1.82) is 0 Å². The number of aliphatic hydroxyl groups is 1. The molecule has 0 bridgehead atoms. The second kappa shape index (κ2) is 12.9. The zero-order valence-electron chi connectivity index (χ0n) is 19.0. The summed E-state index contributed by atoms with van der Waals surface area (Å²) in [6, 6.07) is 4.06. The standard InChI is InChI=1S/C22H25Br4N3O6/c1-27-6-4-12-8-13(23)19(14(24)9-12)33-7-3-5-28-21(31)17-20(30)22(35-29-17)10-15(25)18(32-2)16(26)11-34-22/h8-9,11,20,27,30H,3-7,10H2,1-2H3,(H,28,31). The van der Waals surface area contributed by atoms with Crippen molar-refractivity contribution in [3.05, 3.63) is 47.6 Å². The van der Waals surface area contributed by atoms with Gasteiger partial charge in [-0.25, -0.2) is 0 Å². The molecule has 35 heavy (non-hydrogen) atoms. The fourth-order valence-electron chi connectivity index (χ4n) is 3.40. The molecule has 9 nitrogen and oxygen atoms in total. The van der Waals surface area contributed by atoms with Crippen LogP contribution in [0, 0.1) is 0 Å². The Bertz CT molecular complexity index is 1030. The third-order valence-corrected chi connectivity index (χ3v) is 7.58. The molecule has 192 valence electrons. The molecular weight excluding hydrogens is 722 g/mol. The Balaban J connectivity index is 1.49. The minimum absolute atomic E-state index is 0.0779. The number of allylic oxidation sites excluding steroid dienone is 1. The number of carbonyl (C=O) groups is 1. The van der Waals surface area contributed by atoms with E-state index >= 15 is 0 Å². The van der Waals surface area contributed by atoms with E-state index in [1.54, 1.807) is 0 Å². The van der Waals surface area contributed by atoms with Crippen molar-refractivity contribution in [2.75, 3.05) is 33.9 Å². The van der Waals surface area contributed by atoms with Crippen LogP contribution < -0.4 is 15.4 Å². The Morgan fingerprint density at radius 2 is 1.97 bits per heavy atom. The summed E-state index contributed by atoms with van der Waals surface area (Å²) in [5, 5.41) is 20.5. The Hall–Kier alpha value is -1.12. The summed E-state index contributed by atoms with van der Waals surface area (Å²) in [4.78, 5) is 18.0. The number of rotatable bonds is 10. The van der Waals surface area contributed by atoms with Gasteiger partial charge in [0.2, 0.25) is 0 Å². The first-order valence-corrected chi connectivity index (χ1v) is 13.8. The predicted octanol–water partition coefficient (Wildman–Crippen LogP) is 4.21. The van der Waals surface area contributed by atoms with E-state index in [4.69, 9.17) is 19.0 Å². The van der Waals surface area contributed by atoms with Gasteiger partial charge in [0.05, 0.1) is 33.6 Å². The van der Waals surface area contributed by atoms with Gasteiger partial charge in [0.1, 0.15) is 17.8 Å². The zero-order chi connectivity index (χ0) is 25.6. The largest absolute Gasteiger partial charge is 0.495 e. The van der Waals surface area contributed by atoms with Gasteiger partial charge < -0.3 is 34.8 Å².